The number of rotatable bonds is 56. The SMILES string of the molecule is CCCCCCCCCCCCCCCCC(=O)OCCCCCCCCCCCCCCCCCCCCCCC(=O)NC(CO)C(O)CCCCCCCCCCCCCCCC. The molecule has 2 atom stereocenters. The number of nitrogens with one attached hydrogen (secondary N) is 1. The van der Waals surface area contributed by atoms with Crippen LogP contribution >= 0.6 is 0 Å². The van der Waals surface area contributed by atoms with Gasteiger partial charge >= 0.3 is 5.97 Å². The van der Waals surface area contributed by atoms with E-state index >= 15 is 0 Å². The van der Waals surface area contributed by atoms with Crippen molar-refractivity contribution < 1.29 is 24.5 Å². The second-order valence-electron chi connectivity index (χ2n) is 20.7. The molecule has 0 saturated carbocycles. The second kappa shape index (κ2) is 55.5. The van der Waals surface area contributed by atoms with E-state index in [1.165, 1.54) is 270 Å². The third kappa shape index (κ3) is 52.1. The van der Waals surface area contributed by atoms with E-state index in [0.29, 0.717) is 25.9 Å². The fourth-order valence-corrected chi connectivity index (χ4v) is 9.58. The second-order valence-corrected chi connectivity index (χ2v) is 20.7. The number of carbonyl (C=O) groups is 2. The van der Waals surface area contributed by atoms with E-state index in [9.17, 15) is 19.8 Å². The maximum absolute atomic E-state index is 12.5. The van der Waals surface area contributed by atoms with Crippen LogP contribution in [0.3, 0.4) is 0 Å². The van der Waals surface area contributed by atoms with Crippen LogP contribution in [0.1, 0.15) is 341 Å². The summed E-state index contributed by atoms with van der Waals surface area (Å²) in [5.74, 6) is -0.0206. The van der Waals surface area contributed by atoms with Crippen LogP contribution in [0.4, 0.5) is 0 Å². The lowest BCUT2D eigenvalue weighted by Gasteiger charge is -2.22. The first-order chi connectivity index (χ1) is 32.0. The van der Waals surface area contributed by atoms with Crippen molar-refractivity contribution in [1.29, 1.82) is 0 Å². The molecule has 2 unspecified atom stereocenters. The lowest BCUT2D eigenvalue weighted by atomic mass is 10.0. The van der Waals surface area contributed by atoms with Gasteiger partial charge in [0.15, 0.2) is 0 Å². The summed E-state index contributed by atoms with van der Waals surface area (Å²) >= 11 is 0. The quantitative estimate of drug-likeness (QED) is 0.0417. The monoisotopic (exact) mass is 920 g/mol. The zero-order valence-corrected chi connectivity index (χ0v) is 44.3. The Hall–Kier alpha value is -1.14. The summed E-state index contributed by atoms with van der Waals surface area (Å²) in [4.78, 5) is 24.5. The predicted molar refractivity (Wildman–Crippen MR) is 283 cm³/mol. The van der Waals surface area contributed by atoms with Crippen LogP contribution in [-0.4, -0.2) is 47.4 Å². The van der Waals surface area contributed by atoms with Crippen molar-refractivity contribution >= 4 is 11.9 Å². The van der Waals surface area contributed by atoms with E-state index in [1.54, 1.807) is 0 Å². The molecule has 1 amide bonds. The van der Waals surface area contributed by atoms with E-state index in [4.69, 9.17) is 4.74 Å². The Kier molecular flexibility index (Phi) is 54.5. The topological polar surface area (TPSA) is 95.9 Å². The average molecular weight is 921 g/mol. The van der Waals surface area contributed by atoms with Crippen LogP contribution in [0.25, 0.3) is 0 Å². The number of aliphatic hydroxyl groups is 2. The van der Waals surface area contributed by atoms with Gasteiger partial charge in [-0.1, -0.05) is 303 Å². The van der Waals surface area contributed by atoms with Crippen molar-refractivity contribution in [3.05, 3.63) is 0 Å². The fraction of sp³-hybridized carbons (Fsp3) is 0.966. The fourth-order valence-electron chi connectivity index (χ4n) is 9.58. The molecule has 0 rings (SSSR count). The molecule has 0 bridgehead atoms. The van der Waals surface area contributed by atoms with Crippen LogP contribution in [-0.2, 0) is 14.3 Å². The summed E-state index contributed by atoms with van der Waals surface area (Å²) < 4.78 is 5.48. The van der Waals surface area contributed by atoms with Crippen molar-refractivity contribution in [2.24, 2.45) is 0 Å². The molecule has 0 aliphatic carbocycles. The first-order valence-electron chi connectivity index (χ1n) is 29.8. The molecule has 0 aromatic rings. The van der Waals surface area contributed by atoms with Gasteiger partial charge in [0.2, 0.25) is 5.91 Å². The van der Waals surface area contributed by atoms with Crippen molar-refractivity contribution in [2.75, 3.05) is 13.2 Å². The highest BCUT2D eigenvalue weighted by atomic mass is 16.5. The highest BCUT2D eigenvalue weighted by Crippen LogP contribution is 2.18. The number of amides is 1. The number of hydrogen-bond donors (Lipinski definition) is 3. The van der Waals surface area contributed by atoms with Crippen molar-refractivity contribution in [2.45, 2.75) is 353 Å². The van der Waals surface area contributed by atoms with Gasteiger partial charge in [-0.25, -0.2) is 0 Å². The molecule has 3 N–H and O–H groups in total. The number of esters is 1. The lowest BCUT2D eigenvalue weighted by Crippen LogP contribution is -2.45. The third-order valence-corrected chi connectivity index (χ3v) is 14.2. The summed E-state index contributed by atoms with van der Waals surface area (Å²) in [6, 6.07) is -0.541. The van der Waals surface area contributed by atoms with Crippen LogP contribution < -0.4 is 5.32 Å². The number of carbonyl (C=O) groups excluding carboxylic acids is 2. The van der Waals surface area contributed by atoms with Crippen molar-refractivity contribution in [3.8, 4) is 0 Å². The lowest BCUT2D eigenvalue weighted by molar-refractivity contribution is -0.143. The minimum Gasteiger partial charge on any atom is -0.466 e. The molecule has 0 aliphatic rings. The van der Waals surface area contributed by atoms with Gasteiger partial charge in [0.05, 0.1) is 25.4 Å². The van der Waals surface area contributed by atoms with Gasteiger partial charge in [0.25, 0.3) is 0 Å². The molecule has 6 nitrogen and oxygen atoms in total. The summed E-state index contributed by atoms with van der Waals surface area (Å²) in [6.45, 7) is 4.97. The summed E-state index contributed by atoms with van der Waals surface area (Å²) in [7, 11) is 0. The molecule has 0 radical (unpaired) electrons. The van der Waals surface area contributed by atoms with Gasteiger partial charge in [-0.3, -0.25) is 9.59 Å². The first-order valence-corrected chi connectivity index (χ1v) is 29.8. The minimum absolute atomic E-state index is 0.0138. The molecule has 0 spiro atoms. The van der Waals surface area contributed by atoms with Crippen LogP contribution in [0, 0.1) is 0 Å². The predicted octanol–water partition coefficient (Wildman–Crippen LogP) is 18.3. The van der Waals surface area contributed by atoms with Gasteiger partial charge in [0, 0.05) is 12.8 Å². The minimum atomic E-state index is -0.663. The number of ether oxygens (including phenoxy) is 1. The van der Waals surface area contributed by atoms with Gasteiger partial charge in [-0.05, 0) is 25.7 Å². The van der Waals surface area contributed by atoms with Crippen LogP contribution in [0.5, 0.6) is 0 Å². The Bertz CT molecular complexity index is 928. The smallest absolute Gasteiger partial charge is 0.305 e. The molecule has 0 saturated heterocycles. The van der Waals surface area contributed by atoms with Gasteiger partial charge < -0.3 is 20.3 Å². The molecule has 6 heteroatoms. The van der Waals surface area contributed by atoms with Crippen molar-refractivity contribution in [1.82, 2.24) is 5.32 Å². The van der Waals surface area contributed by atoms with Gasteiger partial charge in [-0.2, -0.15) is 0 Å². The van der Waals surface area contributed by atoms with Crippen LogP contribution in [0.15, 0.2) is 0 Å². The standard InChI is InChI=1S/C59H117NO5/c1-3-5-7-9-11-13-15-17-27-31-35-39-43-47-51-57(62)56(55-61)60-58(63)52-48-44-40-36-32-28-25-23-21-19-20-22-24-26-30-34-38-42-46-50-54-65-59(64)53-49-45-41-37-33-29-18-16-14-12-10-8-6-4-2/h56-57,61-62H,3-55H2,1-2H3,(H,60,63). The summed E-state index contributed by atoms with van der Waals surface area (Å²) in [5, 5.41) is 23.3. The van der Waals surface area contributed by atoms with Crippen molar-refractivity contribution in [3.63, 3.8) is 0 Å². The molecular formula is C59H117NO5. The van der Waals surface area contributed by atoms with E-state index in [0.717, 1.165) is 38.5 Å². The zero-order valence-electron chi connectivity index (χ0n) is 44.3. The molecule has 0 aromatic heterocycles. The Morgan fingerprint density at radius 1 is 0.369 bits per heavy atom. The Morgan fingerprint density at radius 2 is 0.631 bits per heavy atom. The maximum Gasteiger partial charge on any atom is 0.305 e. The first kappa shape index (κ1) is 63.9. The molecule has 65 heavy (non-hydrogen) atoms. The average Bonchev–Trinajstić information content (AvgIpc) is 3.31. The Balaban J connectivity index is 3.37. The van der Waals surface area contributed by atoms with E-state index in [-0.39, 0.29) is 18.5 Å². The van der Waals surface area contributed by atoms with Crippen LogP contribution in [0.2, 0.25) is 0 Å². The summed E-state index contributed by atoms with van der Waals surface area (Å²) in [6.07, 6.45) is 63.8. The molecular weight excluding hydrogens is 803 g/mol. The number of hydrogen-bond acceptors (Lipinski definition) is 5. The molecule has 388 valence electrons. The summed E-state index contributed by atoms with van der Waals surface area (Å²) in [5.41, 5.74) is 0. The Morgan fingerprint density at radius 3 is 0.938 bits per heavy atom. The van der Waals surface area contributed by atoms with E-state index < -0.39 is 12.1 Å². The number of aliphatic hydroxyl groups excluding tert-OH is 2. The maximum atomic E-state index is 12.5. The van der Waals surface area contributed by atoms with E-state index in [1.807, 2.05) is 0 Å². The Labute approximate surface area is 406 Å². The molecule has 0 heterocycles. The molecule has 0 aromatic carbocycles. The third-order valence-electron chi connectivity index (χ3n) is 14.2. The largest absolute Gasteiger partial charge is 0.466 e. The number of unbranched alkanes of at least 4 members (excludes halogenated alkanes) is 45. The van der Waals surface area contributed by atoms with E-state index in [2.05, 4.69) is 19.2 Å². The molecule has 0 aliphatic heterocycles. The zero-order chi connectivity index (χ0) is 47.2. The van der Waals surface area contributed by atoms with Gasteiger partial charge in [0.1, 0.15) is 0 Å². The van der Waals surface area contributed by atoms with Gasteiger partial charge in [-0.15, -0.1) is 0 Å². The normalized spacial score (nSPS) is 12.5. The highest BCUT2D eigenvalue weighted by molar-refractivity contribution is 5.76. The molecule has 0 fully saturated rings. The highest BCUT2D eigenvalue weighted by Gasteiger charge is 2.20.